The Balaban J connectivity index is 2.15. The zero-order chi connectivity index (χ0) is 24.0. The van der Waals surface area contributed by atoms with Gasteiger partial charge in [-0.3, -0.25) is 9.52 Å². The number of anilines is 1. The molecule has 2 aliphatic rings. The summed E-state index contributed by atoms with van der Waals surface area (Å²) >= 11 is 0. The van der Waals surface area contributed by atoms with Crippen molar-refractivity contribution in [2.75, 3.05) is 39.7 Å². The summed E-state index contributed by atoms with van der Waals surface area (Å²) in [6.45, 7) is 1.12. The van der Waals surface area contributed by atoms with Gasteiger partial charge in [0.1, 0.15) is 5.82 Å². The molecule has 1 atom stereocenters. The van der Waals surface area contributed by atoms with Crippen LogP contribution >= 0.6 is 0 Å². The minimum absolute atomic E-state index is 0.0379. The summed E-state index contributed by atoms with van der Waals surface area (Å²) < 4.78 is 52.0. The van der Waals surface area contributed by atoms with Crippen LogP contribution in [0.1, 0.15) is 15.9 Å². The van der Waals surface area contributed by atoms with Crippen LogP contribution in [0.25, 0.3) is 0 Å². The highest BCUT2D eigenvalue weighted by atomic mass is 32.2. The van der Waals surface area contributed by atoms with Crippen molar-refractivity contribution in [2.24, 2.45) is 4.99 Å². The minimum Gasteiger partial charge on any atom is -0.465 e. The van der Waals surface area contributed by atoms with Crippen molar-refractivity contribution in [2.45, 2.75) is 6.92 Å². The number of aryl methyl sites for hydroxylation is 1. The van der Waals surface area contributed by atoms with E-state index in [1.54, 1.807) is 7.05 Å². The molecule has 2 amide bonds. The molecule has 0 saturated carbocycles. The number of fused-ring (bicyclic) bond motifs is 1. The number of methoxy groups -OCH3 is 2. The molecule has 1 unspecified atom stereocenters. The van der Waals surface area contributed by atoms with E-state index >= 15 is 0 Å². The third kappa shape index (κ3) is 3.56. The molecule has 0 saturated heterocycles. The summed E-state index contributed by atoms with van der Waals surface area (Å²) in [5.41, 5.74) is -0.755. The maximum Gasteiger partial charge on any atom is 0.420 e. The van der Waals surface area contributed by atoms with E-state index in [0.29, 0.717) is 4.90 Å². The molecule has 0 fully saturated rings. The molecule has 1 aromatic rings. The number of rotatable bonds is 3. The van der Waals surface area contributed by atoms with E-state index in [4.69, 9.17) is 0 Å². The number of carbonyl (C=O) groups excluding carboxylic acids is 3. The number of carbonyl (C=O) groups is 3. The summed E-state index contributed by atoms with van der Waals surface area (Å²) in [7, 11) is 0.359. The largest absolute Gasteiger partial charge is 0.465 e. The highest BCUT2D eigenvalue weighted by molar-refractivity contribution is 8.07. The molecule has 14 heteroatoms. The molecule has 172 valence electrons. The lowest BCUT2D eigenvalue weighted by Crippen LogP contribution is -2.63. The van der Waals surface area contributed by atoms with Crippen LogP contribution in [-0.4, -0.2) is 81.0 Å². The summed E-state index contributed by atoms with van der Waals surface area (Å²) in [4.78, 5) is 41.4. The van der Waals surface area contributed by atoms with Crippen molar-refractivity contribution in [3.05, 3.63) is 41.0 Å². The number of amidine groups is 1. The number of quaternary nitrogens is 1. The average molecular weight is 470 g/mol. The van der Waals surface area contributed by atoms with Gasteiger partial charge >= 0.3 is 12.1 Å². The molecule has 1 N–H and O–H groups in total. The molecule has 0 radical (unpaired) electrons. The fraction of sp³-hybridized carbons (Fsp3) is 0.333. The van der Waals surface area contributed by atoms with Crippen LogP contribution in [0.15, 0.2) is 29.0 Å². The van der Waals surface area contributed by atoms with Crippen LogP contribution in [-0.2, 0) is 24.3 Å². The van der Waals surface area contributed by atoms with Crippen molar-refractivity contribution >= 4 is 38.8 Å². The summed E-state index contributed by atoms with van der Waals surface area (Å²) in [6.07, 6.45) is 0.0512. The number of benzene rings is 1. The number of nitrogens with zero attached hydrogens (tertiary/aromatic N) is 4. The Bertz CT molecular complexity index is 1200. The summed E-state index contributed by atoms with van der Waals surface area (Å²) in [5.74, 6) is -2.43. The zero-order valence-corrected chi connectivity index (χ0v) is 18.7. The number of hydrogen-bond acceptors (Lipinski definition) is 8. The van der Waals surface area contributed by atoms with E-state index < -0.39 is 44.7 Å². The van der Waals surface area contributed by atoms with E-state index in [2.05, 4.69) is 14.5 Å². The number of hydrogen-bond donors (Lipinski definition) is 1. The van der Waals surface area contributed by atoms with Gasteiger partial charge in [0.15, 0.2) is 6.67 Å². The number of ether oxygens (including phenoxy) is 2. The van der Waals surface area contributed by atoms with Crippen LogP contribution in [0.2, 0.25) is 0 Å². The first-order valence-corrected chi connectivity index (χ1v) is 10.6. The van der Waals surface area contributed by atoms with Crippen LogP contribution in [0.4, 0.5) is 14.9 Å². The number of aliphatic imine (C=N–C) groups is 1. The topological polar surface area (TPSA) is 135 Å². The Morgan fingerprint density at radius 1 is 1.25 bits per heavy atom. The van der Waals surface area contributed by atoms with E-state index in [-0.39, 0.29) is 28.2 Å². The van der Waals surface area contributed by atoms with Crippen molar-refractivity contribution in [1.82, 2.24) is 9.91 Å². The number of nitrogens with one attached hydrogen (secondary N) is 1. The van der Waals surface area contributed by atoms with E-state index in [1.807, 2.05) is 4.72 Å². The fourth-order valence-corrected chi connectivity index (χ4v) is 4.49. The van der Waals surface area contributed by atoms with Crippen LogP contribution in [0.5, 0.6) is 0 Å². The van der Waals surface area contributed by atoms with Gasteiger partial charge in [0.25, 0.3) is 26.9 Å². The highest BCUT2D eigenvalue weighted by Gasteiger charge is 2.52. The maximum absolute atomic E-state index is 14.6. The van der Waals surface area contributed by atoms with Gasteiger partial charge < -0.3 is 9.47 Å². The Morgan fingerprint density at radius 2 is 1.91 bits per heavy atom. The fourth-order valence-electron chi connectivity index (χ4n) is 3.29. The number of amides is 2. The second-order valence-electron chi connectivity index (χ2n) is 7.15. The number of esters is 1. The number of likely N-dealkylation sites (N-methyl/N-ethyl adjacent to an activating group) is 1. The first-order valence-electron chi connectivity index (χ1n) is 9.07. The van der Waals surface area contributed by atoms with Crippen molar-refractivity contribution in [3.63, 3.8) is 0 Å². The molecule has 0 spiro atoms. The van der Waals surface area contributed by atoms with Gasteiger partial charge in [-0.15, -0.1) is 0 Å². The molecule has 0 aromatic heterocycles. The third-order valence-corrected chi connectivity index (χ3v) is 6.47. The van der Waals surface area contributed by atoms with Gasteiger partial charge in [0.2, 0.25) is 0 Å². The Kier molecular flexibility index (Phi) is 5.69. The molecule has 3 rings (SSSR count). The molecular formula is C18H21FN5O7S+. The normalized spacial score (nSPS) is 20.4. The maximum atomic E-state index is 14.6. The van der Waals surface area contributed by atoms with Crippen LogP contribution in [0.3, 0.4) is 0 Å². The Labute approximate surface area is 183 Å². The second-order valence-corrected chi connectivity index (χ2v) is 8.73. The first-order chi connectivity index (χ1) is 14.9. The van der Waals surface area contributed by atoms with Crippen molar-refractivity contribution in [1.29, 1.82) is 0 Å². The van der Waals surface area contributed by atoms with Gasteiger partial charge in [-0.2, -0.15) is 27.9 Å². The highest BCUT2D eigenvalue weighted by Crippen LogP contribution is 2.33. The van der Waals surface area contributed by atoms with Crippen LogP contribution < -0.4 is 4.72 Å². The SMILES string of the molecule is COC(=O)c1c(C)ccc(F)c1NS(=O)(=O)C1=NC2=CC(=O)N(C)[N+]2(C)CN1C(=O)OC. The molecule has 2 aliphatic heterocycles. The standard InChI is InChI=1S/C18H20FN5O7S/c1-10-6-7-11(19)15(14(10)16(26)30-4)21-32(28,29)17-20-12-8-13(25)22(2)24(12,3)9-23(17)18(27)31-5/h6-8H,9H2,1-5H3/p+1. The lowest BCUT2D eigenvalue weighted by molar-refractivity contribution is -0.974. The molecule has 1 aromatic carbocycles. The van der Waals surface area contributed by atoms with Gasteiger partial charge in [-0.25, -0.2) is 14.0 Å². The molecule has 0 aliphatic carbocycles. The molecule has 0 bridgehead atoms. The number of sulfonamides is 1. The predicted molar refractivity (Wildman–Crippen MR) is 109 cm³/mol. The zero-order valence-electron chi connectivity index (χ0n) is 17.9. The Hall–Kier alpha value is -3.52. The first kappa shape index (κ1) is 23.1. The molecule has 32 heavy (non-hydrogen) atoms. The van der Waals surface area contributed by atoms with Gasteiger partial charge in [0, 0.05) is 0 Å². The van der Waals surface area contributed by atoms with E-state index in [1.165, 1.54) is 25.0 Å². The lowest BCUT2D eigenvalue weighted by Gasteiger charge is -2.40. The van der Waals surface area contributed by atoms with Gasteiger partial charge in [-0.1, -0.05) is 6.07 Å². The molecule has 2 heterocycles. The van der Waals surface area contributed by atoms with Crippen molar-refractivity contribution < 1.29 is 41.3 Å². The molecule has 12 nitrogen and oxygen atoms in total. The monoisotopic (exact) mass is 470 g/mol. The van der Waals surface area contributed by atoms with Gasteiger partial charge in [0.05, 0.1) is 45.6 Å². The van der Waals surface area contributed by atoms with Crippen LogP contribution in [0, 0.1) is 12.7 Å². The smallest absolute Gasteiger partial charge is 0.420 e. The van der Waals surface area contributed by atoms with Crippen molar-refractivity contribution in [3.8, 4) is 0 Å². The molecular weight excluding hydrogens is 449 g/mol. The summed E-state index contributed by atoms with van der Waals surface area (Å²) in [5, 5.41) is 0.423. The Morgan fingerprint density at radius 3 is 2.50 bits per heavy atom. The van der Waals surface area contributed by atoms with E-state index in [0.717, 1.165) is 26.4 Å². The minimum atomic E-state index is -4.75. The summed E-state index contributed by atoms with van der Waals surface area (Å²) in [6, 6.07) is 2.26. The quantitative estimate of drug-likeness (QED) is 0.508. The predicted octanol–water partition coefficient (Wildman–Crippen LogP) is 0.733. The van der Waals surface area contributed by atoms with Gasteiger partial charge in [-0.05, 0) is 18.6 Å². The average Bonchev–Trinajstić information content (AvgIpc) is 2.97. The third-order valence-electron chi connectivity index (χ3n) is 5.21. The lowest BCUT2D eigenvalue weighted by atomic mass is 10.1. The number of halogens is 1. The second kappa shape index (κ2) is 7.87. The van der Waals surface area contributed by atoms with E-state index in [9.17, 15) is 27.2 Å².